The van der Waals surface area contributed by atoms with E-state index in [1.807, 2.05) is 0 Å². The Balaban J connectivity index is 2.38. The van der Waals surface area contributed by atoms with Gasteiger partial charge in [-0.1, -0.05) is 0 Å². The molecule has 2 N–H and O–H groups in total. The number of rotatable bonds is 4. The van der Waals surface area contributed by atoms with Crippen LogP contribution in [0.15, 0.2) is 39.3 Å². The number of nitrogens with zero attached hydrogens (tertiary/aromatic N) is 1. The number of aromatic nitrogens is 1. The average molecular weight is 351 g/mol. The van der Waals surface area contributed by atoms with Gasteiger partial charge >= 0.3 is 5.97 Å². The fourth-order valence-corrected chi connectivity index (χ4v) is 4.63. The Kier molecular flexibility index (Phi) is 3.46. The first-order valence-electron chi connectivity index (χ1n) is 4.58. The van der Waals surface area contributed by atoms with Crippen LogP contribution in [0, 0.1) is 0 Å². The van der Waals surface area contributed by atoms with Crippen molar-refractivity contribution in [1.82, 2.24) is 4.68 Å². The number of carboxylic acid groups (broad SMARTS) is 1. The molecular weight excluding hydrogens is 344 g/mol. The molecule has 0 aliphatic carbocycles. The van der Waals surface area contributed by atoms with E-state index in [2.05, 4.69) is 20.8 Å². The number of nitrogens with one attached hydrogen (secondary N) is 1. The molecule has 0 atom stereocenters. The van der Waals surface area contributed by atoms with Crippen molar-refractivity contribution >= 4 is 43.3 Å². The van der Waals surface area contributed by atoms with Crippen LogP contribution in [0.25, 0.3) is 0 Å². The van der Waals surface area contributed by atoms with Crippen molar-refractivity contribution in [2.75, 3.05) is 4.83 Å². The first kappa shape index (κ1) is 13.1. The lowest BCUT2D eigenvalue weighted by molar-refractivity contribution is 0.0702. The van der Waals surface area contributed by atoms with Gasteiger partial charge in [-0.05, 0) is 34.1 Å². The smallest absolute Gasteiger partial charge is 0.345 e. The molecule has 0 unspecified atom stereocenters. The number of thiophene rings is 1. The van der Waals surface area contributed by atoms with Crippen LogP contribution in [-0.4, -0.2) is 24.2 Å². The first-order chi connectivity index (χ1) is 8.40. The zero-order valence-corrected chi connectivity index (χ0v) is 11.9. The van der Waals surface area contributed by atoms with Crippen LogP contribution in [0.5, 0.6) is 0 Å². The van der Waals surface area contributed by atoms with Crippen molar-refractivity contribution in [3.8, 4) is 0 Å². The Morgan fingerprint density at radius 2 is 2.00 bits per heavy atom. The van der Waals surface area contributed by atoms with E-state index in [-0.39, 0.29) is 13.6 Å². The lowest BCUT2D eigenvalue weighted by atomic mass is 10.5. The summed E-state index contributed by atoms with van der Waals surface area (Å²) in [6.45, 7) is 0. The highest BCUT2D eigenvalue weighted by molar-refractivity contribution is 9.11. The van der Waals surface area contributed by atoms with E-state index in [4.69, 9.17) is 5.11 Å². The summed E-state index contributed by atoms with van der Waals surface area (Å²) in [4.78, 5) is 12.9. The molecule has 9 heteroatoms. The molecule has 0 spiro atoms. The van der Waals surface area contributed by atoms with Crippen molar-refractivity contribution < 1.29 is 18.3 Å². The molecule has 2 heterocycles. The largest absolute Gasteiger partial charge is 0.477 e. The van der Waals surface area contributed by atoms with E-state index >= 15 is 0 Å². The summed E-state index contributed by atoms with van der Waals surface area (Å²) in [5.74, 6) is -1.16. The molecule has 0 radical (unpaired) electrons. The van der Waals surface area contributed by atoms with Crippen LogP contribution in [0.2, 0.25) is 0 Å². The number of halogens is 1. The van der Waals surface area contributed by atoms with E-state index in [9.17, 15) is 13.2 Å². The highest BCUT2D eigenvalue weighted by atomic mass is 79.9. The van der Waals surface area contributed by atoms with Crippen LogP contribution >= 0.6 is 27.3 Å². The van der Waals surface area contributed by atoms with Crippen molar-refractivity contribution in [2.24, 2.45) is 0 Å². The number of aromatic carboxylic acids is 1. The first-order valence-corrected chi connectivity index (χ1v) is 7.68. The second-order valence-corrected chi connectivity index (χ2v) is 7.24. The summed E-state index contributed by atoms with van der Waals surface area (Å²) in [5.41, 5.74) is 0. The number of sulfonamides is 1. The van der Waals surface area contributed by atoms with Crippen molar-refractivity contribution in [1.29, 1.82) is 0 Å². The molecule has 0 saturated carbocycles. The highest BCUT2D eigenvalue weighted by Gasteiger charge is 2.23. The third kappa shape index (κ3) is 2.57. The van der Waals surface area contributed by atoms with Crippen LogP contribution in [0.1, 0.15) is 9.67 Å². The molecule has 0 aromatic carbocycles. The third-order valence-electron chi connectivity index (χ3n) is 1.99. The van der Waals surface area contributed by atoms with Crippen molar-refractivity contribution in [2.45, 2.75) is 4.90 Å². The van der Waals surface area contributed by atoms with Gasteiger partial charge in [-0.15, -0.1) is 11.3 Å². The SMILES string of the molecule is O=C(O)c1cc(S(=O)(=O)Nn2cccc2)c(Br)s1. The number of hydrogen-bond acceptors (Lipinski definition) is 4. The summed E-state index contributed by atoms with van der Waals surface area (Å²) in [6.07, 6.45) is 3.05. The zero-order chi connectivity index (χ0) is 13.3. The quantitative estimate of drug-likeness (QED) is 0.881. The monoisotopic (exact) mass is 350 g/mol. The molecule has 0 fully saturated rings. The minimum Gasteiger partial charge on any atom is -0.477 e. The van der Waals surface area contributed by atoms with Gasteiger partial charge in [0.1, 0.15) is 9.77 Å². The second-order valence-electron chi connectivity index (χ2n) is 3.24. The van der Waals surface area contributed by atoms with E-state index in [0.29, 0.717) is 0 Å². The standard InChI is InChI=1S/C9H7BrN2O4S2/c10-8-7(5-6(17-8)9(13)14)18(15,16)11-12-3-1-2-4-12/h1-5,11H,(H,13,14). The maximum Gasteiger partial charge on any atom is 0.345 e. The minimum absolute atomic E-state index is 0.0465. The van der Waals surface area contributed by atoms with Gasteiger partial charge in [-0.3, -0.25) is 4.68 Å². The molecule has 6 nitrogen and oxygen atoms in total. The Morgan fingerprint density at radius 3 is 2.50 bits per heavy atom. The van der Waals surface area contributed by atoms with Gasteiger partial charge in [0.05, 0.1) is 3.79 Å². The number of hydrogen-bond donors (Lipinski definition) is 2. The molecule has 2 aromatic heterocycles. The van der Waals surface area contributed by atoms with Gasteiger partial charge in [0.15, 0.2) is 0 Å². The molecule has 0 aliphatic rings. The maximum atomic E-state index is 12.0. The fourth-order valence-electron chi connectivity index (χ4n) is 1.22. The second kappa shape index (κ2) is 4.75. The molecule has 0 aliphatic heterocycles. The summed E-state index contributed by atoms with van der Waals surface area (Å²) in [7, 11) is -3.81. The molecule has 0 bridgehead atoms. The van der Waals surface area contributed by atoms with Crippen LogP contribution < -0.4 is 4.83 Å². The summed E-state index contributed by atoms with van der Waals surface area (Å²) in [6, 6.07) is 4.44. The van der Waals surface area contributed by atoms with E-state index in [1.54, 1.807) is 12.1 Å². The zero-order valence-electron chi connectivity index (χ0n) is 8.70. The Hall–Kier alpha value is -1.32. The van der Waals surface area contributed by atoms with Crippen LogP contribution in [0.3, 0.4) is 0 Å². The molecule has 18 heavy (non-hydrogen) atoms. The molecule has 2 aromatic rings. The normalized spacial score (nSPS) is 11.4. The summed E-state index contributed by atoms with van der Waals surface area (Å²) in [5, 5.41) is 8.81. The van der Waals surface area contributed by atoms with Gasteiger partial charge in [-0.2, -0.15) is 8.42 Å². The maximum absolute atomic E-state index is 12.0. The Labute approximate surface area is 115 Å². The van der Waals surface area contributed by atoms with E-state index in [0.717, 1.165) is 17.4 Å². The van der Waals surface area contributed by atoms with Gasteiger partial charge in [0.25, 0.3) is 10.0 Å². The Bertz CT molecular complexity index is 675. The van der Waals surface area contributed by atoms with Crippen LogP contribution in [-0.2, 0) is 10.0 Å². The topological polar surface area (TPSA) is 88.4 Å². The van der Waals surface area contributed by atoms with E-state index < -0.39 is 16.0 Å². The highest BCUT2D eigenvalue weighted by Crippen LogP contribution is 2.31. The number of carboxylic acids is 1. The molecule has 0 saturated heterocycles. The minimum atomic E-state index is -3.81. The van der Waals surface area contributed by atoms with Crippen molar-refractivity contribution in [3.05, 3.63) is 39.3 Å². The lowest BCUT2D eigenvalue weighted by Crippen LogP contribution is -2.21. The fraction of sp³-hybridized carbons (Fsp3) is 0. The van der Waals surface area contributed by atoms with Gasteiger partial charge < -0.3 is 5.11 Å². The lowest BCUT2D eigenvalue weighted by Gasteiger charge is -2.07. The van der Waals surface area contributed by atoms with Gasteiger partial charge in [-0.25, -0.2) is 9.63 Å². The summed E-state index contributed by atoms with van der Waals surface area (Å²) < 4.78 is 25.5. The number of carbonyl (C=O) groups is 1. The van der Waals surface area contributed by atoms with E-state index in [1.165, 1.54) is 17.1 Å². The summed E-state index contributed by atoms with van der Waals surface area (Å²) >= 11 is 3.90. The van der Waals surface area contributed by atoms with Gasteiger partial charge in [0.2, 0.25) is 0 Å². The Morgan fingerprint density at radius 1 is 1.39 bits per heavy atom. The molecule has 2 rings (SSSR count). The third-order valence-corrected chi connectivity index (χ3v) is 5.55. The van der Waals surface area contributed by atoms with Gasteiger partial charge in [0, 0.05) is 12.4 Å². The van der Waals surface area contributed by atoms with Crippen molar-refractivity contribution in [3.63, 3.8) is 0 Å². The molecular formula is C9H7BrN2O4S2. The molecule has 0 amide bonds. The van der Waals surface area contributed by atoms with Crippen LogP contribution in [0.4, 0.5) is 0 Å². The average Bonchev–Trinajstić information content (AvgIpc) is 2.86. The molecule has 96 valence electrons. The predicted molar refractivity (Wildman–Crippen MR) is 70.0 cm³/mol. The predicted octanol–water partition coefficient (Wildman–Crippen LogP) is 1.94.